The largest absolute Gasteiger partial charge is 0.393 e. The summed E-state index contributed by atoms with van der Waals surface area (Å²) in [7, 11) is 0. The third-order valence-corrected chi connectivity index (χ3v) is 4.93. The summed E-state index contributed by atoms with van der Waals surface area (Å²) in [5.74, 6) is -1.07. The number of carbonyl (C=O) groups excluding carboxylic acids is 3. The first kappa shape index (κ1) is 18.4. The van der Waals surface area contributed by atoms with Gasteiger partial charge in [-0.15, -0.1) is 0 Å². The predicted molar refractivity (Wildman–Crippen MR) is 97.8 cm³/mol. The Kier molecular flexibility index (Phi) is 5.56. The number of amides is 3. The van der Waals surface area contributed by atoms with Gasteiger partial charge in [-0.3, -0.25) is 14.4 Å². The number of benzene rings is 1. The minimum atomic E-state index is -0.756. The van der Waals surface area contributed by atoms with E-state index in [2.05, 4.69) is 10.6 Å². The quantitative estimate of drug-likeness (QED) is 0.668. The van der Waals surface area contributed by atoms with Crippen molar-refractivity contribution in [2.75, 3.05) is 23.3 Å². The van der Waals surface area contributed by atoms with Crippen LogP contribution in [0.4, 0.5) is 11.4 Å². The third kappa shape index (κ3) is 4.40. The second kappa shape index (κ2) is 7.86. The van der Waals surface area contributed by atoms with Gasteiger partial charge in [0.05, 0.1) is 6.10 Å². The van der Waals surface area contributed by atoms with Crippen molar-refractivity contribution in [2.45, 2.75) is 45.1 Å². The molecular weight excluding hydrogens is 334 g/mol. The highest BCUT2D eigenvalue weighted by atomic mass is 16.3. The highest BCUT2D eigenvalue weighted by molar-refractivity contribution is 6.39. The van der Waals surface area contributed by atoms with E-state index >= 15 is 0 Å². The number of hydrogen-bond donors (Lipinski definition) is 3. The monoisotopic (exact) mass is 359 g/mol. The maximum absolute atomic E-state index is 12.1. The van der Waals surface area contributed by atoms with Crippen molar-refractivity contribution < 1.29 is 19.5 Å². The first-order valence-corrected chi connectivity index (χ1v) is 9.14. The summed E-state index contributed by atoms with van der Waals surface area (Å²) < 4.78 is 0. The predicted octanol–water partition coefficient (Wildman–Crippen LogP) is 1.34. The van der Waals surface area contributed by atoms with E-state index in [-0.39, 0.29) is 12.5 Å². The highest BCUT2D eigenvalue weighted by Crippen LogP contribution is 2.33. The fourth-order valence-corrected chi connectivity index (χ4v) is 3.20. The number of rotatable bonds is 6. The molecule has 3 N–H and O–H groups in total. The van der Waals surface area contributed by atoms with E-state index in [1.807, 2.05) is 13.0 Å². The van der Waals surface area contributed by atoms with E-state index in [4.69, 9.17) is 0 Å². The molecule has 0 bridgehead atoms. The van der Waals surface area contributed by atoms with E-state index < -0.39 is 17.9 Å². The number of carbonyl (C=O) groups is 3. The van der Waals surface area contributed by atoms with E-state index in [1.165, 1.54) is 0 Å². The average Bonchev–Trinajstić information content (AvgIpc) is 3.38. The van der Waals surface area contributed by atoms with Crippen molar-refractivity contribution in [3.8, 4) is 0 Å². The molecule has 140 valence electrons. The molecule has 1 saturated carbocycles. The molecule has 1 aromatic rings. The topological polar surface area (TPSA) is 98.7 Å². The minimum absolute atomic E-state index is 0.0727. The standard InChI is InChI=1S/C19H25N3O4/c1-12-4-7-14(11-15(12)22-10-2-3-17(22)24)21-19(26)18(25)20-9-8-16(23)13-5-6-13/h4,7,11,13,16,23H,2-3,5-6,8-10H2,1H3,(H,20,25)(H,21,26)/t16-/m0/s1. The van der Waals surface area contributed by atoms with Gasteiger partial charge in [0.15, 0.2) is 0 Å². The zero-order chi connectivity index (χ0) is 18.7. The molecule has 7 heteroatoms. The van der Waals surface area contributed by atoms with Crippen LogP contribution in [0, 0.1) is 12.8 Å². The lowest BCUT2D eigenvalue weighted by molar-refractivity contribution is -0.136. The van der Waals surface area contributed by atoms with Crippen LogP contribution in [0.3, 0.4) is 0 Å². The second-order valence-corrected chi connectivity index (χ2v) is 7.05. The van der Waals surface area contributed by atoms with Gasteiger partial charge in [0.2, 0.25) is 5.91 Å². The summed E-state index contributed by atoms with van der Waals surface area (Å²) in [6.45, 7) is 2.84. The molecule has 0 radical (unpaired) electrons. The lowest BCUT2D eigenvalue weighted by Gasteiger charge is -2.19. The Morgan fingerprint density at radius 1 is 1.31 bits per heavy atom. The number of hydrogen-bond acceptors (Lipinski definition) is 4. The molecule has 3 rings (SSSR count). The summed E-state index contributed by atoms with van der Waals surface area (Å²) in [6.07, 6.45) is 3.47. The molecule has 1 heterocycles. The Hall–Kier alpha value is -2.41. The van der Waals surface area contributed by atoms with Gasteiger partial charge in [-0.1, -0.05) is 6.07 Å². The number of anilines is 2. The van der Waals surface area contributed by atoms with Crippen molar-refractivity contribution in [2.24, 2.45) is 5.92 Å². The molecule has 2 fully saturated rings. The molecule has 0 spiro atoms. The van der Waals surface area contributed by atoms with Crippen LogP contribution in [0.25, 0.3) is 0 Å². The Morgan fingerprint density at radius 3 is 2.73 bits per heavy atom. The van der Waals surface area contributed by atoms with E-state index in [0.717, 1.165) is 30.5 Å². The van der Waals surface area contributed by atoms with Crippen LogP contribution in [-0.4, -0.2) is 42.0 Å². The number of aliphatic hydroxyl groups is 1. The Morgan fingerprint density at radius 2 is 2.08 bits per heavy atom. The summed E-state index contributed by atoms with van der Waals surface area (Å²) >= 11 is 0. The SMILES string of the molecule is Cc1ccc(NC(=O)C(=O)NCC[C@H](O)C2CC2)cc1N1CCCC1=O. The van der Waals surface area contributed by atoms with Gasteiger partial charge in [-0.25, -0.2) is 0 Å². The van der Waals surface area contributed by atoms with E-state index in [1.54, 1.807) is 17.0 Å². The molecule has 7 nitrogen and oxygen atoms in total. The maximum Gasteiger partial charge on any atom is 0.313 e. The first-order chi connectivity index (χ1) is 12.5. The van der Waals surface area contributed by atoms with Crippen LogP contribution >= 0.6 is 0 Å². The highest BCUT2D eigenvalue weighted by Gasteiger charge is 2.29. The Bertz CT molecular complexity index is 715. The second-order valence-electron chi connectivity index (χ2n) is 7.05. The van der Waals surface area contributed by atoms with Crippen molar-refractivity contribution in [3.05, 3.63) is 23.8 Å². The van der Waals surface area contributed by atoms with Gasteiger partial charge in [0.25, 0.3) is 0 Å². The van der Waals surface area contributed by atoms with Crippen LogP contribution < -0.4 is 15.5 Å². The fourth-order valence-electron chi connectivity index (χ4n) is 3.20. The summed E-state index contributed by atoms with van der Waals surface area (Å²) in [4.78, 5) is 37.6. The van der Waals surface area contributed by atoms with Crippen LogP contribution in [-0.2, 0) is 14.4 Å². The molecule has 1 atom stereocenters. The van der Waals surface area contributed by atoms with Gasteiger partial charge in [0, 0.05) is 30.9 Å². The van der Waals surface area contributed by atoms with Crippen LogP contribution in [0.1, 0.15) is 37.7 Å². The normalized spacial score (nSPS) is 17.9. The first-order valence-electron chi connectivity index (χ1n) is 9.14. The zero-order valence-corrected chi connectivity index (χ0v) is 15.0. The van der Waals surface area contributed by atoms with Gasteiger partial charge in [0.1, 0.15) is 0 Å². The van der Waals surface area contributed by atoms with Gasteiger partial charge in [-0.2, -0.15) is 0 Å². The van der Waals surface area contributed by atoms with E-state index in [9.17, 15) is 19.5 Å². The molecule has 3 amide bonds. The molecule has 1 aliphatic heterocycles. The van der Waals surface area contributed by atoms with Gasteiger partial charge in [-0.05, 0) is 56.2 Å². The molecule has 1 aromatic carbocycles. The molecule has 1 aliphatic carbocycles. The summed E-state index contributed by atoms with van der Waals surface area (Å²) in [6, 6.07) is 5.25. The van der Waals surface area contributed by atoms with Crippen molar-refractivity contribution in [1.82, 2.24) is 5.32 Å². The lowest BCUT2D eigenvalue weighted by Crippen LogP contribution is -2.37. The third-order valence-electron chi connectivity index (χ3n) is 4.93. The lowest BCUT2D eigenvalue weighted by atomic mass is 10.1. The smallest absolute Gasteiger partial charge is 0.313 e. The summed E-state index contributed by atoms with van der Waals surface area (Å²) in [5.41, 5.74) is 2.18. The molecule has 0 aromatic heterocycles. The van der Waals surface area contributed by atoms with E-state index in [0.29, 0.717) is 31.0 Å². The number of nitrogens with one attached hydrogen (secondary N) is 2. The molecule has 0 unspecified atom stereocenters. The number of nitrogens with zero attached hydrogens (tertiary/aromatic N) is 1. The number of aryl methyl sites for hydroxylation is 1. The Labute approximate surface area is 152 Å². The van der Waals surface area contributed by atoms with Crippen molar-refractivity contribution in [1.29, 1.82) is 0 Å². The zero-order valence-electron chi connectivity index (χ0n) is 15.0. The molecular formula is C19H25N3O4. The van der Waals surface area contributed by atoms with Crippen molar-refractivity contribution >= 4 is 29.1 Å². The Balaban J connectivity index is 1.54. The van der Waals surface area contributed by atoms with Crippen LogP contribution in [0.5, 0.6) is 0 Å². The summed E-state index contributed by atoms with van der Waals surface area (Å²) in [5, 5.41) is 14.9. The maximum atomic E-state index is 12.1. The van der Waals surface area contributed by atoms with Crippen LogP contribution in [0.2, 0.25) is 0 Å². The van der Waals surface area contributed by atoms with Crippen LogP contribution in [0.15, 0.2) is 18.2 Å². The minimum Gasteiger partial charge on any atom is -0.393 e. The van der Waals surface area contributed by atoms with Gasteiger partial charge >= 0.3 is 11.8 Å². The average molecular weight is 359 g/mol. The fraction of sp³-hybridized carbons (Fsp3) is 0.526. The molecule has 26 heavy (non-hydrogen) atoms. The van der Waals surface area contributed by atoms with Crippen molar-refractivity contribution in [3.63, 3.8) is 0 Å². The molecule has 1 saturated heterocycles. The number of aliphatic hydroxyl groups excluding tert-OH is 1. The van der Waals surface area contributed by atoms with Gasteiger partial charge < -0.3 is 20.6 Å². The molecule has 2 aliphatic rings.